The SMILES string of the molecule is COCCn1c(SC(C)C(N)=O)nc2sc3c(c2c1=O)CCCC3. The van der Waals surface area contributed by atoms with E-state index in [4.69, 9.17) is 15.5 Å². The highest BCUT2D eigenvalue weighted by Gasteiger charge is 2.23. The molecule has 2 N–H and O–H groups in total. The van der Waals surface area contributed by atoms with Crippen molar-refractivity contribution in [1.82, 2.24) is 9.55 Å². The number of thiophene rings is 1. The summed E-state index contributed by atoms with van der Waals surface area (Å²) in [5.41, 5.74) is 6.51. The summed E-state index contributed by atoms with van der Waals surface area (Å²) in [6.07, 6.45) is 4.25. The second-order valence-corrected chi connectivity index (χ2v) is 8.29. The summed E-state index contributed by atoms with van der Waals surface area (Å²) >= 11 is 2.84. The summed E-state index contributed by atoms with van der Waals surface area (Å²) in [6, 6.07) is 0. The van der Waals surface area contributed by atoms with Crippen LogP contribution in [-0.4, -0.2) is 34.4 Å². The van der Waals surface area contributed by atoms with Crippen molar-refractivity contribution >= 4 is 39.2 Å². The van der Waals surface area contributed by atoms with E-state index in [1.54, 1.807) is 29.9 Å². The second-order valence-electron chi connectivity index (χ2n) is 5.90. The van der Waals surface area contributed by atoms with Gasteiger partial charge in [-0.25, -0.2) is 4.98 Å². The van der Waals surface area contributed by atoms with Crippen molar-refractivity contribution in [3.8, 4) is 0 Å². The van der Waals surface area contributed by atoms with Gasteiger partial charge in [-0.05, 0) is 38.2 Å². The van der Waals surface area contributed by atoms with Gasteiger partial charge in [0, 0.05) is 12.0 Å². The van der Waals surface area contributed by atoms with Gasteiger partial charge in [0.2, 0.25) is 5.91 Å². The molecule has 0 radical (unpaired) electrons. The number of methoxy groups -OCH3 is 1. The molecule has 8 heteroatoms. The van der Waals surface area contributed by atoms with Crippen molar-refractivity contribution in [1.29, 1.82) is 0 Å². The topological polar surface area (TPSA) is 87.2 Å². The Morgan fingerprint density at radius 1 is 1.46 bits per heavy atom. The molecular formula is C16H21N3O3S2. The summed E-state index contributed by atoms with van der Waals surface area (Å²) in [4.78, 5) is 31.2. The molecule has 1 unspecified atom stereocenters. The quantitative estimate of drug-likeness (QED) is 0.623. The van der Waals surface area contributed by atoms with Gasteiger partial charge in [0.25, 0.3) is 5.56 Å². The van der Waals surface area contributed by atoms with Gasteiger partial charge >= 0.3 is 0 Å². The molecule has 1 aliphatic rings. The van der Waals surface area contributed by atoms with Gasteiger partial charge in [0.15, 0.2) is 5.16 Å². The molecule has 3 rings (SSSR count). The van der Waals surface area contributed by atoms with Crippen LogP contribution in [0.15, 0.2) is 9.95 Å². The molecule has 130 valence electrons. The molecule has 0 bridgehead atoms. The highest BCUT2D eigenvalue weighted by Crippen LogP contribution is 2.35. The first kappa shape index (κ1) is 17.4. The number of carbonyl (C=O) groups is 1. The van der Waals surface area contributed by atoms with Gasteiger partial charge in [-0.1, -0.05) is 11.8 Å². The Hall–Kier alpha value is -1.38. The van der Waals surface area contributed by atoms with Crippen molar-refractivity contribution < 1.29 is 9.53 Å². The van der Waals surface area contributed by atoms with Crippen molar-refractivity contribution in [2.45, 2.75) is 49.6 Å². The lowest BCUT2D eigenvalue weighted by Gasteiger charge is -2.14. The highest BCUT2D eigenvalue weighted by atomic mass is 32.2. The molecule has 0 spiro atoms. The Balaban J connectivity index is 2.14. The van der Waals surface area contributed by atoms with Gasteiger partial charge in [0.1, 0.15) is 4.83 Å². The lowest BCUT2D eigenvalue weighted by Crippen LogP contribution is -2.28. The van der Waals surface area contributed by atoms with Crippen LogP contribution in [0.4, 0.5) is 0 Å². The fourth-order valence-electron chi connectivity index (χ4n) is 2.91. The lowest BCUT2D eigenvalue weighted by molar-refractivity contribution is -0.117. The summed E-state index contributed by atoms with van der Waals surface area (Å²) in [6.45, 7) is 2.55. The molecule has 24 heavy (non-hydrogen) atoms. The van der Waals surface area contributed by atoms with Crippen LogP contribution >= 0.6 is 23.1 Å². The van der Waals surface area contributed by atoms with Crippen molar-refractivity contribution in [2.24, 2.45) is 5.73 Å². The van der Waals surface area contributed by atoms with Crippen molar-refractivity contribution in [3.05, 3.63) is 20.8 Å². The first-order chi connectivity index (χ1) is 11.5. The second kappa shape index (κ2) is 7.25. The van der Waals surface area contributed by atoms with Crippen LogP contribution < -0.4 is 11.3 Å². The molecule has 0 saturated heterocycles. The van der Waals surface area contributed by atoms with E-state index in [0.29, 0.717) is 18.3 Å². The highest BCUT2D eigenvalue weighted by molar-refractivity contribution is 8.00. The number of thioether (sulfide) groups is 1. The molecule has 0 fully saturated rings. The minimum Gasteiger partial charge on any atom is -0.383 e. The molecular weight excluding hydrogens is 346 g/mol. The van der Waals surface area contributed by atoms with Crippen molar-refractivity contribution in [3.63, 3.8) is 0 Å². The Morgan fingerprint density at radius 3 is 2.92 bits per heavy atom. The third-order valence-electron chi connectivity index (χ3n) is 4.24. The van der Waals surface area contributed by atoms with Crippen molar-refractivity contribution in [2.75, 3.05) is 13.7 Å². The molecule has 1 aliphatic carbocycles. The Kier molecular flexibility index (Phi) is 5.27. The minimum atomic E-state index is -0.447. The molecule has 2 heterocycles. The maximum atomic E-state index is 13.1. The minimum absolute atomic E-state index is 0.0318. The smallest absolute Gasteiger partial charge is 0.263 e. The third kappa shape index (κ3) is 3.22. The van der Waals surface area contributed by atoms with Crippen LogP contribution in [0, 0.1) is 0 Å². The zero-order valence-electron chi connectivity index (χ0n) is 13.8. The number of carbonyl (C=O) groups excluding carboxylic acids is 1. The zero-order valence-corrected chi connectivity index (χ0v) is 15.5. The lowest BCUT2D eigenvalue weighted by atomic mass is 9.97. The average molecular weight is 367 g/mol. The van der Waals surface area contributed by atoms with Crippen LogP contribution in [0.3, 0.4) is 0 Å². The number of ether oxygens (including phenoxy) is 1. The van der Waals surface area contributed by atoms with E-state index in [0.717, 1.165) is 35.9 Å². The van der Waals surface area contributed by atoms with E-state index in [1.807, 2.05) is 0 Å². The Labute approximate surface area is 148 Å². The largest absolute Gasteiger partial charge is 0.383 e. The van der Waals surface area contributed by atoms with Crippen LogP contribution in [0.25, 0.3) is 10.2 Å². The number of aryl methyl sites for hydroxylation is 2. The van der Waals surface area contributed by atoms with E-state index in [9.17, 15) is 9.59 Å². The number of hydrogen-bond donors (Lipinski definition) is 1. The predicted octanol–water partition coefficient (Wildman–Crippen LogP) is 1.95. The number of fused-ring (bicyclic) bond motifs is 3. The molecule has 0 saturated carbocycles. The summed E-state index contributed by atoms with van der Waals surface area (Å²) in [5.74, 6) is -0.418. The number of rotatable bonds is 6. The van der Waals surface area contributed by atoms with Crippen LogP contribution in [0.1, 0.15) is 30.2 Å². The predicted molar refractivity (Wildman–Crippen MR) is 96.9 cm³/mol. The number of nitrogens with two attached hydrogens (primary N) is 1. The number of amides is 1. The summed E-state index contributed by atoms with van der Waals surface area (Å²) in [7, 11) is 1.60. The average Bonchev–Trinajstić information content (AvgIpc) is 2.92. The monoisotopic (exact) mass is 367 g/mol. The first-order valence-electron chi connectivity index (χ1n) is 8.03. The third-order valence-corrected chi connectivity index (χ3v) is 6.54. The van der Waals surface area contributed by atoms with Gasteiger partial charge in [-0.3, -0.25) is 14.2 Å². The van der Waals surface area contributed by atoms with E-state index in [2.05, 4.69) is 0 Å². The Morgan fingerprint density at radius 2 is 2.21 bits per heavy atom. The number of aromatic nitrogens is 2. The first-order valence-corrected chi connectivity index (χ1v) is 9.72. The standard InChI is InChI=1S/C16H21N3O3S2/c1-9(13(17)20)23-16-18-14-12(15(21)19(16)7-8-22-2)10-5-3-4-6-11(10)24-14/h9H,3-8H2,1-2H3,(H2,17,20). The van der Waals surface area contributed by atoms with Crippen LogP contribution in [-0.2, 0) is 28.9 Å². The molecule has 0 aliphatic heterocycles. The van der Waals surface area contributed by atoms with Crippen LogP contribution in [0.2, 0.25) is 0 Å². The van der Waals surface area contributed by atoms with E-state index in [1.165, 1.54) is 22.2 Å². The molecule has 1 atom stereocenters. The number of hydrogen-bond acceptors (Lipinski definition) is 6. The maximum Gasteiger partial charge on any atom is 0.263 e. The van der Waals surface area contributed by atoms with Gasteiger partial charge < -0.3 is 10.5 Å². The normalized spacial score (nSPS) is 15.4. The maximum absolute atomic E-state index is 13.1. The molecule has 6 nitrogen and oxygen atoms in total. The molecule has 1 amide bonds. The number of nitrogens with zero attached hydrogens (tertiary/aromatic N) is 2. The fraction of sp³-hybridized carbons (Fsp3) is 0.562. The Bertz CT molecular complexity index is 828. The molecule has 2 aromatic heterocycles. The van der Waals surface area contributed by atoms with Gasteiger partial charge in [0.05, 0.1) is 23.8 Å². The van der Waals surface area contributed by atoms with E-state index >= 15 is 0 Å². The van der Waals surface area contributed by atoms with Crippen LogP contribution in [0.5, 0.6) is 0 Å². The summed E-state index contributed by atoms with van der Waals surface area (Å²) < 4.78 is 6.75. The summed E-state index contributed by atoms with van der Waals surface area (Å²) in [5, 5.41) is 0.842. The van der Waals surface area contributed by atoms with E-state index < -0.39 is 11.2 Å². The molecule has 2 aromatic rings. The number of primary amides is 1. The zero-order chi connectivity index (χ0) is 17.3. The van der Waals surface area contributed by atoms with Gasteiger partial charge in [-0.2, -0.15) is 0 Å². The fourth-order valence-corrected chi connectivity index (χ4v) is 5.09. The van der Waals surface area contributed by atoms with Gasteiger partial charge in [-0.15, -0.1) is 11.3 Å². The van der Waals surface area contributed by atoms with E-state index in [-0.39, 0.29) is 5.56 Å². The molecule has 0 aromatic carbocycles.